The van der Waals surface area contributed by atoms with Crippen LogP contribution in [0.1, 0.15) is 57.4 Å². The van der Waals surface area contributed by atoms with E-state index in [9.17, 15) is 0 Å². The summed E-state index contributed by atoms with van der Waals surface area (Å²) < 4.78 is 1.95. The molecule has 1 aliphatic heterocycles. The van der Waals surface area contributed by atoms with Crippen LogP contribution in [-0.4, -0.2) is 17.6 Å². The smallest absolute Gasteiger partial charge is 0.260 e. The monoisotopic (exact) mass is 387 g/mol. The van der Waals surface area contributed by atoms with Crippen LogP contribution in [0.4, 0.5) is 5.69 Å². The Morgan fingerprint density at radius 1 is 1.00 bits per heavy atom. The predicted molar refractivity (Wildman–Crippen MR) is 80.1 cm³/mol. The number of unbranched alkanes of at least 4 members (excludes halogenated alkanes) is 6. The van der Waals surface area contributed by atoms with Crippen molar-refractivity contribution >= 4 is 11.9 Å². The quantitative estimate of drug-likeness (QED) is 0.357. The molecule has 1 heterocycles. The Balaban J connectivity index is 0.00000200. The summed E-state index contributed by atoms with van der Waals surface area (Å²) >= 11 is 0. The molecule has 0 aromatic heterocycles. The van der Waals surface area contributed by atoms with E-state index in [1.807, 2.05) is 4.74 Å². The van der Waals surface area contributed by atoms with Crippen molar-refractivity contribution in [2.75, 3.05) is 6.61 Å². The van der Waals surface area contributed by atoms with Crippen molar-refractivity contribution in [3.63, 3.8) is 0 Å². The molecule has 0 fully saturated rings. The lowest BCUT2D eigenvalue weighted by Gasteiger charge is -2.02. The third kappa shape index (κ3) is 5.43. The van der Waals surface area contributed by atoms with Gasteiger partial charge in [0.05, 0.1) is 6.42 Å². The van der Waals surface area contributed by atoms with Gasteiger partial charge in [0.15, 0.2) is 6.61 Å². The highest BCUT2D eigenvalue weighted by atomic mass is 127. The average Bonchev–Trinajstić information content (AvgIpc) is 2.85. The number of rotatable bonds is 9. The Kier molecular flexibility index (Phi) is 8.90. The van der Waals surface area contributed by atoms with E-state index in [2.05, 4.69) is 37.4 Å². The maximum atomic E-state index is 5.83. The Hall–Kier alpha value is -0.580. The highest BCUT2D eigenvalue weighted by Gasteiger charge is 2.22. The third-order valence-electron chi connectivity index (χ3n) is 3.68. The molecule has 20 heavy (non-hydrogen) atoms. The zero-order valence-electron chi connectivity index (χ0n) is 12.5. The summed E-state index contributed by atoms with van der Waals surface area (Å²) in [5, 5.41) is 0. The van der Waals surface area contributed by atoms with Crippen molar-refractivity contribution in [2.24, 2.45) is 0 Å². The summed E-state index contributed by atoms with van der Waals surface area (Å²) in [4.78, 5) is 5.83. The molecule has 0 atom stereocenters. The van der Waals surface area contributed by atoms with E-state index >= 15 is 0 Å². The molecule has 0 saturated heterocycles. The summed E-state index contributed by atoms with van der Waals surface area (Å²) in [6.45, 7) is 3.09. The number of hydrogen-bond donors (Lipinski definition) is 0. The van der Waals surface area contributed by atoms with E-state index in [1.54, 1.807) is 0 Å². The standard InChI is InChI=1S/C17H26NO.HI/c1-2-3-4-5-6-7-10-15-19-18-14-13-16-11-8-9-12-17(16)18;/h8-9,11-12,14H,2-7,10,13,15H2,1H3;1H/q+1;/p-1. The zero-order valence-corrected chi connectivity index (χ0v) is 14.6. The fraction of sp³-hybridized carbons (Fsp3) is 0.588. The molecule has 0 N–H and O–H groups in total. The van der Waals surface area contributed by atoms with Gasteiger partial charge < -0.3 is 24.0 Å². The van der Waals surface area contributed by atoms with Gasteiger partial charge >= 0.3 is 0 Å². The van der Waals surface area contributed by atoms with Gasteiger partial charge in [-0.05, 0) is 12.8 Å². The van der Waals surface area contributed by atoms with Crippen LogP contribution in [0.15, 0.2) is 24.3 Å². The first-order chi connectivity index (χ1) is 9.42. The van der Waals surface area contributed by atoms with Gasteiger partial charge in [-0.25, -0.2) is 0 Å². The summed E-state index contributed by atoms with van der Waals surface area (Å²) in [6.07, 6.45) is 12.4. The van der Waals surface area contributed by atoms with Crippen LogP contribution in [-0.2, 0) is 11.3 Å². The molecule has 0 amide bonds. The molecule has 1 aromatic rings. The summed E-state index contributed by atoms with van der Waals surface area (Å²) in [5.41, 5.74) is 2.58. The summed E-state index contributed by atoms with van der Waals surface area (Å²) in [5.74, 6) is 0. The molecule has 0 aliphatic carbocycles. The van der Waals surface area contributed by atoms with E-state index < -0.39 is 0 Å². The van der Waals surface area contributed by atoms with Gasteiger partial charge in [-0.2, -0.15) is 0 Å². The molecule has 0 bridgehead atoms. The van der Waals surface area contributed by atoms with Crippen molar-refractivity contribution in [1.82, 2.24) is 0 Å². The van der Waals surface area contributed by atoms with Crippen molar-refractivity contribution in [3.05, 3.63) is 29.8 Å². The van der Waals surface area contributed by atoms with Crippen LogP contribution >= 0.6 is 0 Å². The van der Waals surface area contributed by atoms with Gasteiger partial charge in [-0.15, -0.1) is 0 Å². The number of benzene rings is 1. The molecular formula is C17H26INO. The van der Waals surface area contributed by atoms with Gasteiger partial charge in [0.1, 0.15) is 0 Å². The van der Waals surface area contributed by atoms with E-state index in [-0.39, 0.29) is 24.0 Å². The van der Waals surface area contributed by atoms with Gasteiger partial charge in [0, 0.05) is 16.4 Å². The fourth-order valence-electron chi connectivity index (χ4n) is 2.52. The van der Waals surface area contributed by atoms with Crippen LogP contribution < -0.4 is 24.0 Å². The van der Waals surface area contributed by atoms with Crippen LogP contribution in [0.3, 0.4) is 0 Å². The number of hydrogen-bond acceptors (Lipinski definition) is 1. The van der Waals surface area contributed by atoms with Crippen molar-refractivity contribution < 1.29 is 33.6 Å². The Bertz CT molecular complexity index is 417. The van der Waals surface area contributed by atoms with Crippen molar-refractivity contribution in [2.45, 2.75) is 58.3 Å². The molecule has 0 spiro atoms. The predicted octanol–water partition coefficient (Wildman–Crippen LogP) is 1.64. The fourth-order valence-corrected chi connectivity index (χ4v) is 2.52. The van der Waals surface area contributed by atoms with E-state index in [0.29, 0.717) is 0 Å². The lowest BCUT2D eigenvalue weighted by Crippen LogP contribution is -3.00. The number of para-hydroxylation sites is 1. The molecule has 1 aromatic carbocycles. The highest BCUT2D eigenvalue weighted by molar-refractivity contribution is 5.66. The van der Waals surface area contributed by atoms with Gasteiger partial charge in [-0.1, -0.05) is 57.2 Å². The minimum atomic E-state index is 0. The highest BCUT2D eigenvalue weighted by Crippen LogP contribution is 2.23. The second-order valence-electron chi connectivity index (χ2n) is 5.30. The molecule has 2 nitrogen and oxygen atoms in total. The zero-order chi connectivity index (χ0) is 13.3. The lowest BCUT2D eigenvalue weighted by molar-refractivity contribution is -0.724. The van der Waals surface area contributed by atoms with Crippen molar-refractivity contribution in [1.29, 1.82) is 0 Å². The number of fused-ring (bicyclic) bond motifs is 1. The minimum Gasteiger partial charge on any atom is -1.00 e. The van der Waals surface area contributed by atoms with Crippen molar-refractivity contribution in [3.8, 4) is 0 Å². The molecular weight excluding hydrogens is 361 g/mol. The van der Waals surface area contributed by atoms with Gasteiger partial charge in [-0.3, -0.25) is 4.84 Å². The Labute approximate surface area is 140 Å². The summed E-state index contributed by atoms with van der Waals surface area (Å²) in [7, 11) is 0. The average molecular weight is 387 g/mol. The second kappa shape index (κ2) is 10.2. The maximum absolute atomic E-state index is 5.83. The van der Waals surface area contributed by atoms with E-state index in [4.69, 9.17) is 4.84 Å². The molecule has 0 radical (unpaired) electrons. The number of halogens is 1. The van der Waals surface area contributed by atoms with Crippen LogP contribution in [0, 0.1) is 0 Å². The van der Waals surface area contributed by atoms with Crippen LogP contribution in [0.2, 0.25) is 0 Å². The second-order valence-corrected chi connectivity index (χ2v) is 5.30. The molecule has 0 unspecified atom stereocenters. The minimum absolute atomic E-state index is 0. The van der Waals surface area contributed by atoms with Gasteiger partial charge in [0.2, 0.25) is 6.21 Å². The van der Waals surface area contributed by atoms with E-state index in [0.717, 1.165) is 13.0 Å². The Morgan fingerprint density at radius 2 is 1.70 bits per heavy atom. The topological polar surface area (TPSA) is 12.2 Å². The molecule has 0 saturated carbocycles. The molecule has 3 heteroatoms. The largest absolute Gasteiger partial charge is 1.00 e. The lowest BCUT2D eigenvalue weighted by atomic mass is 10.1. The van der Waals surface area contributed by atoms with E-state index in [1.165, 1.54) is 56.2 Å². The molecule has 2 rings (SSSR count). The summed E-state index contributed by atoms with van der Waals surface area (Å²) in [6, 6.07) is 8.46. The molecule has 112 valence electrons. The third-order valence-corrected chi connectivity index (χ3v) is 3.68. The van der Waals surface area contributed by atoms with Crippen LogP contribution in [0.5, 0.6) is 0 Å². The first kappa shape index (κ1) is 17.5. The normalized spacial score (nSPS) is 12.6. The first-order valence-electron chi connectivity index (χ1n) is 7.75. The maximum Gasteiger partial charge on any atom is 0.260 e. The molecule has 1 aliphatic rings. The SMILES string of the molecule is CCCCCCCCCO[N+]1=CCc2ccccc21.[I-]. The Morgan fingerprint density at radius 3 is 2.50 bits per heavy atom. The number of nitrogens with zero attached hydrogens (tertiary/aromatic N) is 1. The van der Waals surface area contributed by atoms with Crippen LogP contribution in [0.25, 0.3) is 0 Å². The van der Waals surface area contributed by atoms with Gasteiger partial charge in [0.25, 0.3) is 5.69 Å². The first-order valence-corrected chi connectivity index (χ1v) is 7.75.